The molecule has 0 unspecified atom stereocenters. The topological polar surface area (TPSA) is 84.3 Å². The first kappa shape index (κ1) is 14.2. The molecule has 5 nitrogen and oxygen atoms in total. The van der Waals surface area contributed by atoms with Crippen molar-refractivity contribution in [3.8, 4) is 0 Å². The van der Waals surface area contributed by atoms with Gasteiger partial charge in [-0.3, -0.25) is 4.98 Å². The Bertz CT molecular complexity index is 711. The third kappa shape index (κ3) is 3.42. The van der Waals surface area contributed by atoms with Crippen LogP contribution in [0.4, 0.5) is 0 Å². The number of carbonyl (C=O) groups is 1. The van der Waals surface area contributed by atoms with E-state index in [-0.39, 0.29) is 16.2 Å². The smallest absolute Gasteiger partial charge is 0.335 e. The lowest BCUT2D eigenvalue weighted by molar-refractivity contribution is 0.0696. The highest BCUT2D eigenvalue weighted by molar-refractivity contribution is 7.91. The first-order valence-electron chi connectivity index (χ1n) is 5.95. The van der Waals surface area contributed by atoms with Gasteiger partial charge in [-0.25, -0.2) is 13.2 Å². The second-order valence-corrected chi connectivity index (χ2v) is 6.33. The van der Waals surface area contributed by atoms with E-state index in [1.165, 1.54) is 24.3 Å². The minimum absolute atomic E-state index is 0.0216. The number of carboxylic acids is 1. The quantitative estimate of drug-likeness (QED) is 0.908. The molecule has 0 aliphatic heterocycles. The molecule has 0 bridgehead atoms. The van der Waals surface area contributed by atoms with E-state index in [4.69, 9.17) is 5.11 Å². The van der Waals surface area contributed by atoms with E-state index in [0.29, 0.717) is 12.1 Å². The first-order chi connectivity index (χ1) is 9.49. The Morgan fingerprint density at radius 3 is 2.60 bits per heavy atom. The van der Waals surface area contributed by atoms with Gasteiger partial charge in [-0.2, -0.15) is 0 Å². The van der Waals surface area contributed by atoms with Gasteiger partial charge in [-0.15, -0.1) is 0 Å². The molecule has 1 N–H and O–H groups in total. The van der Waals surface area contributed by atoms with Crippen molar-refractivity contribution in [2.75, 3.05) is 5.75 Å². The Hall–Kier alpha value is -2.21. The molecule has 0 saturated carbocycles. The van der Waals surface area contributed by atoms with Gasteiger partial charge in [0.15, 0.2) is 9.84 Å². The number of rotatable bonds is 5. The molecule has 0 fully saturated rings. The predicted octanol–water partition coefficient (Wildman–Crippen LogP) is 1.80. The van der Waals surface area contributed by atoms with Gasteiger partial charge in [0, 0.05) is 18.3 Å². The van der Waals surface area contributed by atoms with Crippen molar-refractivity contribution in [2.24, 2.45) is 0 Å². The molecular formula is C14H13NO4S. The number of aromatic nitrogens is 1. The summed E-state index contributed by atoms with van der Waals surface area (Å²) >= 11 is 0. The van der Waals surface area contributed by atoms with Crippen LogP contribution < -0.4 is 0 Å². The molecule has 1 aromatic heterocycles. The fraction of sp³-hybridized carbons (Fsp3) is 0.143. The summed E-state index contributed by atoms with van der Waals surface area (Å²) < 4.78 is 24.3. The van der Waals surface area contributed by atoms with Crippen LogP contribution in [0.15, 0.2) is 53.6 Å². The van der Waals surface area contributed by atoms with Crippen LogP contribution >= 0.6 is 0 Å². The van der Waals surface area contributed by atoms with E-state index in [0.717, 1.165) is 0 Å². The third-order valence-electron chi connectivity index (χ3n) is 2.79. The lowest BCUT2D eigenvalue weighted by Gasteiger charge is -2.05. The van der Waals surface area contributed by atoms with Crippen molar-refractivity contribution in [1.29, 1.82) is 0 Å². The van der Waals surface area contributed by atoms with Gasteiger partial charge >= 0.3 is 5.97 Å². The maximum atomic E-state index is 12.2. The lowest BCUT2D eigenvalue weighted by atomic mass is 10.2. The Labute approximate surface area is 116 Å². The van der Waals surface area contributed by atoms with Crippen LogP contribution in [0.1, 0.15) is 16.1 Å². The Morgan fingerprint density at radius 2 is 1.95 bits per heavy atom. The second kappa shape index (κ2) is 5.83. The van der Waals surface area contributed by atoms with Gasteiger partial charge in [0.2, 0.25) is 0 Å². The molecule has 0 amide bonds. The molecule has 0 radical (unpaired) electrons. The summed E-state index contributed by atoms with van der Waals surface area (Å²) in [6.45, 7) is 0. The number of carboxylic acid groups (broad SMARTS) is 1. The number of hydrogen-bond donors (Lipinski definition) is 1. The highest BCUT2D eigenvalue weighted by Gasteiger charge is 2.16. The van der Waals surface area contributed by atoms with E-state index in [1.54, 1.807) is 24.4 Å². The first-order valence-corrected chi connectivity index (χ1v) is 7.60. The molecule has 1 heterocycles. The highest BCUT2D eigenvalue weighted by atomic mass is 32.2. The molecule has 1 aromatic carbocycles. The van der Waals surface area contributed by atoms with Gasteiger partial charge in [-0.05, 0) is 30.3 Å². The van der Waals surface area contributed by atoms with Crippen LogP contribution in [-0.4, -0.2) is 30.2 Å². The van der Waals surface area contributed by atoms with Crippen molar-refractivity contribution in [2.45, 2.75) is 11.3 Å². The van der Waals surface area contributed by atoms with Crippen LogP contribution in [0.3, 0.4) is 0 Å². The normalized spacial score (nSPS) is 11.2. The van der Waals surface area contributed by atoms with Crippen molar-refractivity contribution < 1.29 is 18.3 Å². The predicted molar refractivity (Wildman–Crippen MR) is 73.4 cm³/mol. The van der Waals surface area contributed by atoms with E-state index in [2.05, 4.69) is 4.98 Å². The Balaban J connectivity index is 2.18. The van der Waals surface area contributed by atoms with Crippen LogP contribution in [0.5, 0.6) is 0 Å². The largest absolute Gasteiger partial charge is 0.478 e. The SMILES string of the molecule is O=C(O)c1cccc(S(=O)(=O)CCc2ccccn2)c1. The molecule has 2 rings (SSSR count). The molecule has 104 valence electrons. The van der Waals surface area contributed by atoms with Gasteiger partial charge in [0.05, 0.1) is 16.2 Å². The number of nitrogens with zero attached hydrogens (tertiary/aromatic N) is 1. The zero-order valence-electron chi connectivity index (χ0n) is 10.6. The van der Waals surface area contributed by atoms with Crippen molar-refractivity contribution >= 4 is 15.8 Å². The van der Waals surface area contributed by atoms with Gasteiger partial charge < -0.3 is 5.11 Å². The summed E-state index contributed by atoms with van der Waals surface area (Å²) in [6, 6.07) is 10.7. The van der Waals surface area contributed by atoms with E-state index >= 15 is 0 Å². The monoisotopic (exact) mass is 291 g/mol. The van der Waals surface area contributed by atoms with E-state index < -0.39 is 15.8 Å². The average molecular weight is 291 g/mol. The second-order valence-electron chi connectivity index (χ2n) is 4.22. The molecule has 0 spiro atoms. The number of aryl methyl sites for hydroxylation is 1. The summed E-state index contributed by atoms with van der Waals surface area (Å²) in [4.78, 5) is 14.9. The molecule has 6 heteroatoms. The molecular weight excluding hydrogens is 278 g/mol. The average Bonchev–Trinajstić information content (AvgIpc) is 2.46. The Kier molecular flexibility index (Phi) is 4.14. The lowest BCUT2D eigenvalue weighted by Crippen LogP contribution is -2.11. The number of pyridine rings is 1. The van der Waals surface area contributed by atoms with Crippen LogP contribution in [-0.2, 0) is 16.3 Å². The van der Waals surface area contributed by atoms with Crippen molar-refractivity contribution in [3.05, 3.63) is 59.9 Å². The molecule has 2 aromatic rings. The van der Waals surface area contributed by atoms with Crippen LogP contribution in [0.25, 0.3) is 0 Å². The highest BCUT2D eigenvalue weighted by Crippen LogP contribution is 2.14. The minimum Gasteiger partial charge on any atom is -0.478 e. The third-order valence-corrected chi connectivity index (χ3v) is 4.51. The summed E-state index contributed by atoms with van der Waals surface area (Å²) in [5.74, 6) is -1.25. The maximum absolute atomic E-state index is 12.2. The summed E-state index contributed by atoms with van der Waals surface area (Å²) in [7, 11) is -3.52. The minimum atomic E-state index is -3.52. The molecule has 0 saturated heterocycles. The number of hydrogen-bond acceptors (Lipinski definition) is 4. The molecule has 20 heavy (non-hydrogen) atoms. The summed E-state index contributed by atoms with van der Waals surface area (Å²) in [6.07, 6.45) is 1.90. The fourth-order valence-electron chi connectivity index (χ4n) is 1.73. The summed E-state index contributed by atoms with van der Waals surface area (Å²) in [5.41, 5.74) is 0.648. The summed E-state index contributed by atoms with van der Waals surface area (Å²) in [5, 5.41) is 8.88. The molecule has 0 atom stereocenters. The maximum Gasteiger partial charge on any atom is 0.335 e. The van der Waals surface area contributed by atoms with Gasteiger partial charge in [-0.1, -0.05) is 12.1 Å². The number of aromatic carboxylic acids is 1. The Morgan fingerprint density at radius 1 is 1.15 bits per heavy atom. The number of sulfone groups is 1. The zero-order valence-corrected chi connectivity index (χ0v) is 11.4. The van der Waals surface area contributed by atoms with Gasteiger partial charge in [0.25, 0.3) is 0 Å². The van der Waals surface area contributed by atoms with E-state index in [9.17, 15) is 13.2 Å². The van der Waals surface area contributed by atoms with Gasteiger partial charge in [0.1, 0.15) is 0 Å². The molecule has 0 aliphatic carbocycles. The van der Waals surface area contributed by atoms with Crippen LogP contribution in [0.2, 0.25) is 0 Å². The molecule has 0 aliphatic rings. The van der Waals surface area contributed by atoms with Crippen LogP contribution in [0, 0.1) is 0 Å². The van der Waals surface area contributed by atoms with Crippen molar-refractivity contribution in [3.63, 3.8) is 0 Å². The number of benzene rings is 1. The van der Waals surface area contributed by atoms with E-state index in [1.807, 2.05) is 0 Å². The fourth-order valence-corrected chi connectivity index (χ4v) is 3.03. The standard InChI is InChI=1S/C14H13NO4S/c16-14(17)11-4-3-6-13(10-11)20(18,19)9-7-12-5-1-2-8-15-12/h1-6,8,10H,7,9H2,(H,16,17). The van der Waals surface area contributed by atoms with Crippen molar-refractivity contribution in [1.82, 2.24) is 4.98 Å². The zero-order chi connectivity index (χ0) is 14.6.